The Kier molecular flexibility index (Phi) is 4.91. The second kappa shape index (κ2) is 7.37. The van der Waals surface area contributed by atoms with Crippen LogP contribution in [0.4, 0.5) is 10.1 Å². The highest BCUT2D eigenvalue weighted by molar-refractivity contribution is 7.10. The lowest BCUT2D eigenvalue weighted by molar-refractivity contribution is -0.119. The largest absolute Gasteiger partial charge is 0.333 e. The van der Waals surface area contributed by atoms with Crippen LogP contribution in [-0.4, -0.2) is 23.8 Å². The van der Waals surface area contributed by atoms with Crippen molar-refractivity contribution in [3.8, 4) is 0 Å². The number of fused-ring (bicyclic) bond motifs is 1. The zero-order valence-electron chi connectivity index (χ0n) is 14.9. The summed E-state index contributed by atoms with van der Waals surface area (Å²) in [4.78, 5) is 28.7. The van der Waals surface area contributed by atoms with E-state index in [9.17, 15) is 14.0 Å². The van der Waals surface area contributed by atoms with Gasteiger partial charge >= 0.3 is 0 Å². The Morgan fingerprint density at radius 3 is 2.68 bits per heavy atom. The molecule has 1 N–H and O–H groups in total. The van der Waals surface area contributed by atoms with E-state index in [0.717, 1.165) is 10.9 Å². The van der Waals surface area contributed by atoms with Gasteiger partial charge in [-0.05, 0) is 41.3 Å². The number of hydrogen-bond donors (Lipinski definition) is 1. The van der Waals surface area contributed by atoms with Crippen molar-refractivity contribution in [2.75, 3.05) is 12.4 Å². The van der Waals surface area contributed by atoms with Crippen LogP contribution in [0.5, 0.6) is 0 Å². The molecule has 0 bridgehead atoms. The second-order valence-corrected chi connectivity index (χ2v) is 7.94. The topological polar surface area (TPSA) is 49.4 Å². The van der Waals surface area contributed by atoms with Crippen molar-refractivity contribution in [1.82, 2.24) is 4.90 Å². The van der Waals surface area contributed by atoms with Gasteiger partial charge in [-0.1, -0.05) is 35.9 Å². The van der Waals surface area contributed by atoms with Gasteiger partial charge in [0.15, 0.2) is 0 Å². The van der Waals surface area contributed by atoms with E-state index in [0.29, 0.717) is 16.8 Å². The standard InChI is InChI=1S/C21H16ClFN2O2S/c1-25-19(17-7-4-10-28-17)18(13-5-2-3-6-14(13)21(25)27)20(26)24-16-9-8-12(23)11-15(16)22/h2-11,18-19H,1H3,(H,24,26)/t18-,19-/m0/s1. The van der Waals surface area contributed by atoms with Crippen LogP contribution in [0.15, 0.2) is 60.0 Å². The number of benzene rings is 2. The molecule has 2 aromatic carbocycles. The Labute approximate surface area is 170 Å². The van der Waals surface area contributed by atoms with Crippen LogP contribution in [-0.2, 0) is 4.79 Å². The van der Waals surface area contributed by atoms with E-state index < -0.39 is 17.8 Å². The maximum Gasteiger partial charge on any atom is 0.254 e. The Balaban J connectivity index is 1.79. The van der Waals surface area contributed by atoms with Gasteiger partial charge in [0.05, 0.1) is 22.7 Å². The van der Waals surface area contributed by atoms with E-state index in [4.69, 9.17) is 11.6 Å². The van der Waals surface area contributed by atoms with Gasteiger partial charge in [0.2, 0.25) is 5.91 Å². The van der Waals surface area contributed by atoms with E-state index >= 15 is 0 Å². The summed E-state index contributed by atoms with van der Waals surface area (Å²) in [6.45, 7) is 0. The second-order valence-electron chi connectivity index (χ2n) is 6.55. The number of rotatable bonds is 3. The predicted molar refractivity (Wildman–Crippen MR) is 108 cm³/mol. The Morgan fingerprint density at radius 2 is 1.96 bits per heavy atom. The minimum absolute atomic E-state index is 0.120. The fourth-order valence-corrected chi connectivity index (χ4v) is 4.69. The first kappa shape index (κ1) is 18.7. The SMILES string of the molecule is CN1C(=O)c2ccccc2[C@H](C(=O)Nc2ccc(F)cc2Cl)[C@@H]1c1cccs1. The minimum Gasteiger partial charge on any atom is -0.333 e. The third-order valence-electron chi connectivity index (χ3n) is 4.89. The number of halogens is 2. The summed E-state index contributed by atoms with van der Waals surface area (Å²) in [5, 5.41) is 4.84. The highest BCUT2D eigenvalue weighted by Crippen LogP contribution is 2.44. The van der Waals surface area contributed by atoms with Gasteiger partial charge in [-0.25, -0.2) is 4.39 Å². The van der Waals surface area contributed by atoms with Gasteiger partial charge in [0.1, 0.15) is 5.82 Å². The fraction of sp³-hybridized carbons (Fsp3) is 0.143. The first-order valence-electron chi connectivity index (χ1n) is 8.63. The zero-order valence-corrected chi connectivity index (χ0v) is 16.4. The number of anilines is 1. The number of thiophene rings is 1. The molecule has 0 spiro atoms. The molecule has 0 saturated heterocycles. The lowest BCUT2D eigenvalue weighted by Gasteiger charge is -2.39. The first-order chi connectivity index (χ1) is 13.5. The van der Waals surface area contributed by atoms with E-state index in [-0.39, 0.29) is 16.8 Å². The quantitative estimate of drug-likeness (QED) is 0.649. The number of amides is 2. The number of nitrogens with zero attached hydrogens (tertiary/aromatic N) is 1. The van der Waals surface area contributed by atoms with E-state index in [1.165, 1.54) is 23.5 Å². The zero-order chi connectivity index (χ0) is 19.8. The molecule has 7 heteroatoms. The molecule has 3 aromatic rings. The molecular weight excluding hydrogens is 399 g/mol. The summed E-state index contributed by atoms with van der Waals surface area (Å²) in [7, 11) is 1.70. The number of carbonyl (C=O) groups excluding carboxylic acids is 2. The Hall–Kier alpha value is -2.70. The third-order valence-corrected chi connectivity index (χ3v) is 6.14. The molecule has 0 aliphatic carbocycles. The molecule has 0 unspecified atom stereocenters. The predicted octanol–water partition coefficient (Wildman–Crippen LogP) is 5.09. The van der Waals surface area contributed by atoms with Crippen molar-refractivity contribution in [2.24, 2.45) is 0 Å². The van der Waals surface area contributed by atoms with Crippen LogP contribution in [0.25, 0.3) is 0 Å². The first-order valence-corrected chi connectivity index (χ1v) is 9.88. The van der Waals surface area contributed by atoms with Crippen molar-refractivity contribution < 1.29 is 14.0 Å². The van der Waals surface area contributed by atoms with Crippen LogP contribution in [0.1, 0.15) is 32.8 Å². The summed E-state index contributed by atoms with van der Waals surface area (Å²) < 4.78 is 13.3. The molecule has 2 amide bonds. The highest BCUT2D eigenvalue weighted by atomic mass is 35.5. The molecule has 1 aliphatic heterocycles. The summed E-state index contributed by atoms with van der Waals surface area (Å²) in [6.07, 6.45) is 0. The smallest absolute Gasteiger partial charge is 0.254 e. The highest BCUT2D eigenvalue weighted by Gasteiger charge is 2.43. The number of hydrogen-bond acceptors (Lipinski definition) is 3. The molecule has 2 atom stereocenters. The summed E-state index contributed by atoms with van der Waals surface area (Å²) in [5.74, 6) is -1.54. The van der Waals surface area contributed by atoms with Crippen LogP contribution in [0.3, 0.4) is 0 Å². The fourth-order valence-electron chi connectivity index (χ4n) is 3.57. The molecule has 2 heterocycles. The van der Waals surface area contributed by atoms with Gasteiger partial charge in [0.25, 0.3) is 5.91 Å². The van der Waals surface area contributed by atoms with Crippen LogP contribution in [0, 0.1) is 5.82 Å². The Bertz CT molecular complexity index is 1050. The molecule has 4 rings (SSSR count). The molecule has 0 radical (unpaired) electrons. The number of nitrogens with one attached hydrogen (secondary N) is 1. The number of carbonyl (C=O) groups is 2. The molecule has 4 nitrogen and oxygen atoms in total. The average Bonchev–Trinajstić information content (AvgIpc) is 3.21. The van der Waals surface area contributed by atoms with Gasteiger partial charge in [-0.2, -0.15) is 0 Å². The van der Waals surface area contributed by atoms with Crippen LogP contribution < -0.4 is 5.32 Å². The van der Waals surface area contributed by atoms with E-state index in [1.807, 2.05) is 23.6 Å². The minimum atomic E-state index is -0.626. The normalized spacial score (nSPS) is 18.7. The maximum atomic E-state index is 13.3. The molecule has 1 aliphatic rings. The maximum absolute atomic E-state index is 13.3. The summed E-state index contributed by atoms with van der Waals surface area (Å²) >= 11 is 7.58. The van der Waals surface area contributed by atoms with Gasteiger partial charge < -0.3 is 10.2 Å². The summed E-state index contributed by atoms with van der Waals surface area (Å²) in [5.41, 5.74) is 1.50. The third kappa shape index (κ3) is 3.19. The lowest BCUT2D eigenvalue weighted by atomic mass is 9.81. The van der Waals surface area contributed by atoms with Crippen LogP contribution >= 0.6 is 22.9 Å². The van der Waals surface area contributed by atoms with Gasteiger partial charge in [0, 0.05) is 17.5 Å². The van der Waals surface area contributed by atoms with Crippen molar-refractivity contribution in [3.05, 3.63) is 86.8 Å². The van der Waals surface area contributed by atoms with Crippen molar-refractivity contribution in [2.45, 2.75) is 12.0 Å². The lowest BCUT2D eigenvalue weighted by Crippen LogP contribution is -2.43. The van der Waals surface area contributed by atoms with Crippen molar-refractivity contribution in [1.29, 1.82) is 0 Å². The summed E-state index contributed by atoms with van der Waals surface area (Å²) in [6, 6.07) is 14.3. The molecule has 0 fully saturated rings. The Morgan fingerprint density at radius 1 is 1.18 bits per heavy atom. The van der Waals surface area contributed by atoms with E-state index in [2.05, 4.69) is 5.32 Å². The van der Waals surface area contributed by atoms with Crippen molar-refractivity contribution in [3.63, 3.8) is 0 Å². The van der Waals surface area contributed by atoms with Crippen LogP contribution in [0.2, 0.25) is 5.02 Å². The molecule has 0 saturated carbocycles. The van der Waals surface area contributed by atoms with Crippen molar-refractivity contribution >= 4 is 40.4 Å². The molecule has 28 heavy (non-hydrogen) atoms. The molecule has 142 valence electrons. The average molecular weight is 415 g/mol. The number of likely N-dealkylation sites (N-methyl/N-ethyl adjacent to an activating group) is 1. The molecule has 1 aromatic heterocycles. The van der Waals surface area contributed by atoms with E-state index in [1.54, 1.807) is 30.1 Å². The van der Waals surface area contributed by atoms with Gasteiger partial charge in [-0.15, -0.1) is 11.3 Å². The van der Waals surface area contributed by atoms with Gasteiger partial charge in [-0.3, -0.25) is 9.59 Å². The molecular formula is C21H16ClFN2O2S. The monoisotopic (exact) mass is 414 g/mol.